The Kier molecular flexibility index (Phi) is 41.2. The van der Waals surface area contributed by atoms with E-state index in [-0.39, 0.29) is 11.9 Å². The summed E-state index contributed by atoms with van der Waals surface area (Å²) in [7, 11) is 0. The van der Waals surface area contributed by atoms with Crippen LogP contribution in [-0.2, 0) is 19.1 Å². The molecule has 350 valence electrons. The van der Waals surface area contributed by atoms with Crippen molar-refractivity contribution in [3.8, 4) is 0 Å². The lowest BCUT2D eigenvalue weighted by molar-refractivity contribution is -0.145. The summed E-state index contributed by atoms with van der Waals surface area (Å²) in [6, 6.07) is 0. The van der Waals surface area contributed by atoms with Crippen LogP contribution >= 0.6 is 0 Å². The lowest BCUT2D eigenvalue weighted by atomic mass is 9.94. The Morgan fingerprint density at radius 3 is 1.05 bits per heavy atom. The first-order chi connectivity index (χ1) is 29.0. The summed E-state index contributed by atoms with van der Waals surface area (Å²) in [5.41, 5.74) is 0. The van der Waals surface area contributed by atoms with Gasteiger partial charge >= 0.3 is 11.9 Å². The molecule has 1 fully saturated rings. The second-order valence-electron chi connectivity index (χ2n) is 19.0. The van der Waals surface area contributed by atoms with Crippen LogP contribution in [0.3, 0.4) is 0 Å². The molecule has 0 aromatic heterocycles. The number of nitrogens with zero attached hydrogens (tertiary/aromatic N) is 2. The molecular formula is C53H104N2O4. The van der Waals surface area contributed by atoms with E-state index in [1.54, 1.807) is 0 Å². The number of hydrogen-bond donors (Lipinski definition) is 0. The predicted octanol–water partition coefficient (Wildman–Crippen LogP) is 15.4. The molecule has 0 saturated carbocycles. The Bertz CT molecular complexity index is 833. The van der Waals surface area contributed by atoms with Crippen LogP contribution in [0.25, 0.3) is 0 Å². The first-order valence-electron chi connectivity index (χ1n) is 26.8. The number of hydrogen-bond acceptors (Lipinski definition) is 6. The lowest BCUT2D eigenvalue weighted by Crippen LogP contribution is -2.39. The highest BCUT2D eigenvalue weighted by molar-refractivity contribution is 5.70. The van der Waals surface area contributed by atoms with E-state index < -0.39 is 0 Å². The second-order valence-corrected chi connectivity index (χ2v) is 19.0. The van der Waals surface area contributed by atoms with Gasteiger partial charge in [0.15, 0.2) is 0 Å². The molecule has 59 heavy (non-hydrogen) atoms. The minimum Gasteiger partial charge on any atom is -0.465 e. The van der Waals surface area contributed by atoms with E-state index in [0.717, 1.165) is 26.2 Å². The number of likely N-dealkylation sites (tertiary alicyclic amines) is 1. The molecule has 0 bridgehead atoms. The second kappa shape index (κ2) is 43.5. The van der Waals surface area contributed by atoms with Gasteiger partial charge in [0.05, 0.1) is 26.1 Å². The molecule has 1 heterocycles. The van der Waals surface area contributed by atoms with Gasteiger partial charge in [0, 0.05) is 26.2 Å². The first kappa shape index (κ1) is 55.9. The van der Waals surface area contributed by atoms with Crippen LogP contribution in [0, 0.1) is 11.8 Å². The topological polar surface area (TPSA) is 59.1 Å². The van der Waals surface area contributed by atoms with Crippen molar-refractivity contribution in [1.29, 1.82) is 0 Å². The van der Waals surface area contributed by atoms with Gasteiger partial charge in [-0.25, -0.2) is 0 Å². The fourth-order valence-corrected chi connectivity index (χ4v) is 9.05. The van der Waals surface area contributed by atoms with Crippen molar-refractivity contribution in [2.45, 2.75) is 265 Å². The molecular weight excluding hydrogens is 729 g/mol. The SMILES string of the molecule is CCCCCCCCCCC(CCCCCCCC)COC(=O)CCN(CCC(=O)OCC(CCCCCCCC)CCCCCCCCCC)CCN1CCCCC1. The Balaban J connectivity index is 2.63. The molecule has 2 unspecified atom stereocenters. The van der Waals surface area contributed by atoms with Crippen LogP contribution in [0.1, 0.15) is 265 Å². The van der Waals surface area contributed by atoms with Gasteiger partial charge in [0.25, 0.3) is 0 Å². The maximum absolute atomic E-state index is 13.2. The van der Waals surface area contributed by atoms with Crippen LogP contribution in [0.15, 0.2) is 0 Å². The van der Waals surface area contributed by atoms with Crippen molar-refractivity contribution in [1.82, 2.24) is 9.80 Å². The summed E-state index contributed by atoms with van der Waals surface area (Å²) >= 11 is 0. The summed E-state index contributed by atoms with van der Waals surface area (Å²) in [6.45, 7) is 15.8. The fourth-order valence-electron chi connectivity index (χ4n) is 9.05. The number of ether oxygens (including phenoxy) is 2. The van der Waals surface area contributed by atoms with Crippen LogP contribution < -0.4 is 0 Å². The largest absolute Gasteiger partial charge is 0.465 e. The van der Waals surface area contributed by atoms with Crippen molar-refractivity contribution in [3.63, 3.8) is 0 Å². The molecule has 6 heteroatoms. The highest BCUT2D eigenvalue weighted by atomic mass is 16.5. The number of esters is 2. The number of unbranched alkanes of at least 4 members (excludes halogenated alkanes) is 24. The zero-order chi connectivity index (χ0) is 42.7. The number of piperidine rings is 1. The van der Waals surface area contributed by atoms with Gasteiger partial charge in [0.1, 0.15) is 0 Å². The summed E-state index contributed by atoms with van der Waals surface area (Å²) in [5, 5.41) is 0. The number of carbonyl (C=O) groups excluding carboxylic acids is 2. The van der Waals surface area contributed by atoms with Gasteiger partial charge in [-0.15, -0.1) is 0 Å². The Labute approximate surface area is 369 Å². The lowest BCUT2D eigenvalue weighted by Gasteiger charge is -2.30. The van der Waals surface area contributed by atoms with Gasteiger partial charge in [-0.05, 0) is 63.5 Å². The van der Waals surface area contributed by atoms with Crippen molar-refractivity contribution in [2.24, 2.45) is 11.8 Å². The normalized spacial score (nSPS) is 14.5. The standard InChI is InChI=1S/C53H104N2O4/c1-5-9-13-17-21-23-27-32-38-50(36-30-25-19-15-11-7-3)48-58-52(56)40-44-55(47-46-54-42-34-29-35-43-54)45-41-53(57)59-49-51(37-31-26-20-16-12-8-4)39-33-28-24-22-18-14-10-6-2/h50-51H,5-49H2,1-4H3. The molecule has 6 nitrogen and oxygen atoms in total. The van der Waals surface area contributed by atoms with Crippen LogP contribution in [0.5, 0.6) is 0 Å². The highest BCUT2D eigenvalue weighted by Crippen LogP contribution is 2.22. The van der Waals surface area contributed by atoms with Crippen molar-refractivity contribution >= 4 is 11.9 Å². The molecule has 2 atom stereocenters. The van der Waals surface area contributed by atoms with E-state index in [9.17, 15) is 9.59 Å². The van der Waals surface area contributed by atoms with Crippen molar-refractivity contribution in [3.05, 3.63) is 0 Å². The molecule has 0 N–H and O–H groups in total. The first-order valence-corrected chi connectivity index (χ1v) is 26.8. The molecule has 1 aliphatic heterocycles. The Morgan fingerprint density at radius 2 is 0.729 bits per heavy atom. The van der Waals surface area contributed by atoms with Crippen LogP contribution in [-0.4, -0.2) is 74.2 Å². The molecule has 0 aromatic rings. The zero-order valence-corrected chi connectivity index (χ0v) is 40.5. The van der Waals surface area contributed by atoms with Gasteiger partial charge in [-0.1, -0.05) is 214 Å². The van der Waals surface area contributed by atoms with Gasteiger partial charge < -0.3 is 19.3 Å². The number of rotatable bonds is 45. The molecule has 1 aliphatic rings. The van der Waals surface area contributed by atoms with Gasteiger partial charge in [0.2, 0.25) is 0 Å². The quantitative estimate of drug-likeness (QED) is 0.0450. The van der Waals surface area contributed by atoms with Crippen LogP contribution in [0.2, 0.25) is 0 Å². The Morgan fingerprint density at radius 1 is 0.424 bits per heavy atom. The molecule has 0 spiro atoms. The third-order valence-corrected chi connectivity index (χ3v) is 13.3. The van der Waals surface area contributed by atoms with Gasteiger partial charge in [-0.3, -0.25) is 9.59 Å². The minimum atomic E-state index is -0.0714. The van der Waals surface area contributed by atoms with Gasteiger partial charge in [-0.2, -0.15) is 0 Å². The van der Waals surface area contributed by atoms with Crippen molar-refractivity contribution < 1.29 is 19.1 Å². The Hall–Kier alpha value is -1.14. The van der Waals surface area contributed by atoms with E-state index in [2.05, 4.69) is 37.5 Å². The fraction of sp³-hybridized carbons (Fsp3) is 0.962. The maximum atomic E-state index is 13.2. The molecule has 1 rings (SSSR count). The van der Waals surface area contributed by atoms with E-state index in [0.29, 0.717) is 51.0 Å². The highest BCUT2D eigenvalue weighted by Gasteiger charge is 2.18. The van der Waals surface area contributed by atoms with E-state index in [1.165, 1.54) is 225 Å². The number of carbonyl (C=O) groups is 2. The van der Waals surface area contributed by atoms with Crippen LogP contribution in [0.4, 0.5) is 0 Å². The monoisotopic (exact) mass is 833 g/mol. The van der Waals surface area contributed by atoms with E-state index in [4.69, 9.17) is 9.47 Å². The molecule has 0 amide bonds. The average Bonchev–Trinajstić information content (AvgIpc) is 3.25. The molecule has 0 aromatic carbocycles. The molecule has 0 radical (unpaired) electrons. The van der Waals surface area contributed by atoms with E-state index in [1.807, 2.05) is 0 Å². The molecule has 0 aliphatic carbocycles. The maximum Gasteiger partial charge on any atom is 0.307 e. The third-order valence-electron chi connectivity index (χ3n) is 13.3. The predicted molar refractivity (Wildman–Crippen MR) is 255 cm³/mol. The zero-order valence-electron chi connectivity index (χ0n) is 40.5. The smallest absolute Gasteiger partial charge is 0.307 e. The van der Waals surface area contributed by atoms with E-state index >= 15 is 0 Å². The summed E-state index contributed by atoms with van der Waals surface area (Å²) in [5.74, 6) is 0.821. The average molecular weight is 833 g/mol. The molecule has 1 saturated heterocycles. The summed E-state index contributed by atoms with van der Waals surface area (Å²) < 4.78 is 12.0. The minimum absolute atomic E-state index is 0.0714. The van der Waals surface area contributed by atoms with Crippen molar-refractivity contribution in [2.75, 3.05) is 52.5 Å². The third kappa shape index (κ3) is 37.2. The summed E-state index contributed by atoms with van der Waals surface area (Å²) in [6.07, 6.45) is 46.5. The summed E-state index contributed by atoms with van der Waals surface area (Å²) in [4.78, 5) is 31.3.